The first-order valence-electron chi connectivity index (χ1n) is 8.88. The van der Waals surface area contributed by atoms with Crippen molar-refractivity contribution in [3.05, 3.63) is 35.0 Å². The van der Waals surface area contributed by atoms with Crippen molar-refractivity contribution >= 4 is 40.2 Å². The monoisotopic (exact) mass is 420 g/mol. The Hall–Kier alpha value is -1.94. The molecule has 0 radical (unpaired) electrons. The maximum absolute atomic E-state index is 12.7. The Morgan fingerprint density at radius 2 is 2.14 bits per heavy atom. The number of aromatic nitrogens is 1. The van der Waals surface area contributed by atoms with Crippen molar-refractivity contribution in [1.82, 2.24) is 10.3 Å². The number of thioether (sulfide) groups is 1. The predicted molar refractivity (Wildman–Crippen MR) is 116 cm³/mol. The van der Waals surface area contributed by atoms with Crippen LogP contribution in [0, 0.1) is 11.8 Å². The summed E-state index contributed by atoms with van der Waals surface area (Å²) in [4.78, 5) is 17.1. The number of amides is 1. The van der Waals surface area contributed by atoms with Crippen LogP contribution in [0.15, 0.2) is 24.4 Å². The highest BCUT2D eigenvalue weighted by molar-refractivity contribution is 7.99. The molecule has 150 valence electrons. The van der Waals surface area contributed by atoms with Crippen molar-refractivity contribution in [2.24, 2.45) is 0 Å². The summed E-state index contributed by atoms with van der Waals surface area (Å²) in [6, 6.07) is 5.57. The second-order valence-electron chi connectivity index (χ2n) is 6.71. The number of ether oxygens (including phenoxy) is 2. The van der Waals surface area contributed by atoms with Crippen LogP contribution in [0.25, 0.3) is 10.9 Å². The van der Waals surface area contributed by atoms with Gasteiger partial charge < -0.3 is 14.8 Å². The largest absolute Gasteiger partial charge is 0.470 e. The van der Waals surface area contributed by atoms with Crippen molar-refractivity contribution in [1.29, 1.82) is 0 Å². The molecule has 0 saturated carbocycles. The highest BCUT2D eigenvalue weighted by Crippen LogP contribution is 2.30. The summed E-state index contributed by atoms with van der Waals surface area (Å²) in [6.45, 7) is 6.03. The summed E-state index contributed by atoms with van der Waals surface area (Å²) in [5.41, 5.74) is 0.384. The fraction of sp³-hybridized carbons (Fsp3) is 0.429. The summed E-state index contributed by atoms with van der Waals surface area (Å²) < 4.78 is 10.8. The normalized spacial score (nSPS) is 12.2. The van der Waals surface area contributed by atoms with Gasteiger partial charge in [0.05, 0.1) is 16.1 Å². The summed E-state index contributed by atoms with van der Waals surface area (Å²) in [6.07, 6.45) is 4.51. The van der Waals surface area contributed by atoms with E-state index >= 15 is 0 Å². The number of benzene rings is 1. The molecule has 0 aliphatic carbocycles. The molecular weight excluding hydrogens is 396 g/mol. The van der Waals surface area contributed by atoms with Crippen molar-refractivity contribution in [2.45, 2.75) is 38.2 Å². The van der Waals surface area contributed by atoms with Crippen LogP contribution in [0.3, 0.4) is 0 Å². The van der Waals surface area contributed by atoms with Gasteiger partial charge in [-0.1, -0.05) is 30.4 Å². The van der Waals surface area contributed by atoms with Gasteiger partial charge in [-0.25, -0.2) is 0 Å². The SMILES string of the molecule is CCc1cnc2c(Cl)cc(OC(SC)C(=O)NC(C)(C)C#CCOC)cc2c1. The van der Waals surface area contributed by atoms with Crippen LogP contribution < -0.4 is 10.1 Å². The van der Waals surface area contributed by atoms with E-state index in [1.54, 1.807) is 13.2 Å². The van der Waals surface area contributed by atoms with Gasteiger partial charge in [-0.3, -0.25) is 9.78 Å². The number of aryl methyl sites for hydroxylation is 1. The molecule has 2 aromatic rings. The highest BCUT2D eigenvalue weighted by Gasteiger charge is 2.25. The third-order valence-corrected chi connectivity index (χ3v) is 4.93. The molecule has 1 heterocycles. The fourth-order valence-corrected chi connectivity index (χ4v) is 3.29. The fourth-order valence-electron chi connectivity index (χ4n) is 2.55. The van der Waals surface area contributed by atoms with E-state index in [4.69, 9.17) is 21.1 Å². The van der Waals surface area contributed by atoms with Crippen LogP contribution in [0.2, 0.25) is 5.02 Å². The minimum absolute atomic E-state index is 0.263. The first kappa shape index (κ1) is 22.4. The number of nitrogens with zero attached hydrogens (tertiary/aromatic N) is 1. The molecule has 1 N–H and O–H groups in total. The zero-order chi connectivity index (χ0) is 20.7. The molecule has 1 unspecified atom stereocenters. The van der Waals surface area contributed by atoms with E-state index in [-0.39, 0.29) is 5.91 Å². The quantitative estimate of drug-likeness (QED) is 0.540. The number of rotatable bonds is 7. The Kier molecular flexibility index (Phi) is 7.99. The molecule has 2 rings (SSSR count). The molecular formula is C21H25ClN2O3S. The van der Waals surface area contributed by atoms with Gasteiger partial charge in [-0.15, -0.1) is 11.8 Å². The van der Waals surface area contributed by atoms with Gasteiger partial charge in [0.25, 0.3) is 5.91 Å². The third kappa shape index (κ3) is 6.03. The van der Waals surface area contributed by atoms with Crippen molar-refractivity contribution in [3.8, 4) is 17.6 Å². The molecule has 1 aromatic heterocycles. The lowest BCUT2D eigenvalue weighted by Gasteiger charge is -2.24. The Labute approximate surface area is 175 Å². The molecule has 0 aliphatic rings. The molecule has 0 bridgehead atoms. The zero-order valence-electron chi connectivity index (χ0n) is 16.8. The van der Waals surface area contributed by atoms with Gasteiger partial charge in [0, 0.05) is 24.8 Å². The Balaban J connectivity index is 2.19. The van der Waals surface area contributed by atoms with Gasteiger partial charge in [0.2, 0.25) is 5.44 Å². The topological polar surface area (TPSA) is 60.5 Å². The van der Waals surface area contributed by atoms with E-state index in [9.17, 15) is 4.79 Å². The Morgan fingerprint density at radius 3 is 2.79 bits per heavy atom. The minimum Gasteiger partial charge on any atom is -0.470 e. The summed E-state index contributed by atoms with van der Waals surface area (Å²) >= 11 is 7.66. The Bertz CT molecular complexity index is 906. The van der Waals surface area contributed by atoms with Gasteiger partial charge in [-0.2, -0.15) is 0 Å². The second-order valence-corrected chi connectivity index (χ2v) is 8.02. The highest BCUT2D eigenvalue weighted by atomic mass is 35.5. The second kappa shape index (κ2) is 10.0. The molecule has 0 fully saturated rings. The summed E-state index contributed by atoms with van der Waals surface area (Å²) in [5.74, 6) is 6.10. The lowest BCUT2D eigenvalue weighted by atomic mass is 10.1. The van der Waals surface area contributed by atoms with Crippen molar-refractivity contribution in [2.75, 3.05) is 20.0 Å². The van der Waals surface area contributed by atoms with Gasteiger partial charge in [-0.05, 0) is 44.2 Å². The molecule has 1 amide bonds. The number of methoxy groups -OCH3 is 1. The van der Waals surface area contributed by atoms with Gasteiger partial charge >= 0.3 is 0 Å². The number of halogens is 1. The van der Waals surface area contributed by atoms with E-state index in [1.165, 1.54) is 11.8 Å². The van der Waals surface area contributed by atoms with Gasteiger partial charge in [0.1, 0.15) is 12.4 Å². The standard InChI is InChI=1S/C21H25ClN2O3S/c1-6-14-10-15-11-16(12-17(22)18(15)23-13-14)27-20(28-5)19(25)24-21(2,3)8-7-9-26-4/h10-13,20H,6,9H2,1-5H3,(H,24,25). The third-order valence-electron chi connectivity index (χ3n) is 3.90. The van der Waals surface area contributed by atoms with Crippen LogP contribution >= 0.6 is 23.4 Å². The molecule has 0 aliphatic heterocycles. The first-order chi connectivity index (χ1) is 13.3. The number of fused-ring (bicyclic) bond motifs is 1. The van der Waals surface area contributed by atoms with Crippen LogP contribution in [0.4, 0.5) is 0 Å². The average Bonchev–Trinajstić information content (AvgIpc) is 2.65. The number of hydrogen-bond donors (Lipinski definition) is 1. The Morgan fingerprint density at radius 1 is 1.39 bits per heavy atom. The molecule has 7 heteroatoms. The zero-order valence-corrected chi connectivity index (χ0v) is 18.3. The summed E-state index contributed by atoms with van der Waals surface area (Å²) in [7, 11) is 1.57. The number of hydrogen-bond acceptors (Lipinski definition) is 5. The smallest absolute Gasteiger partial charge is 0.272 e. The molecule has 5 nitrogen and oxygen atoms in total. The first-order valence-corrected chi connectivity index (χ1v) is 10.5. The number of carbonyl (C=O) groups is 1. The lowest BCUT2D eigenvalue weighted by Crippen LogP contribution is -2.47. The average molecular weight is 421 g/mol. The number of nitrogens with one attached hydrogen (secondary N) is 1. The maximum atomic E-state index is 12.7. The lowest BCUT2D eigenvalue weighted by molar-refractivity contribution is -0.125. The van der Waals surface area contributed by atoms with Crippen LogP contribution in [0.1, 0.15) is 26.3 Å². The van der Waals surface area contributed by atoms with E-state index in [2.05, 4.69) is 29.1 Å². The predicted octanol–water partition coefficient (Wildman–Crippen LogP) is 4.06. The van der Waals surface area contributed by atoms with Gasteiger partial charge in [0.15, 0.2) is 0 Å². The number of carbonyl (C=O) groups excluding carboxylic acids is 1. The molecule has 1 atom stereocenters. The van der Waals surface area contributed by atoms with Crippen LogP contribution in [0.5, 0.6) is 5.75 Å². The van der Waals surface area contributed by atoms with Crippen molar-refractivity contribution in [3.63, 3.8) is 0 Å². The number of pyridine rings is 1. The van der Waals surface area contributed by atoms with E-state index in [1.807, 2.05) is 38.4 Å². The van der Waals surface area contributed by atoms with E-state index in [0.717, 1.165) is 17.4 Å². The maximum Gasteiger partial charge on any atom is 0.272 e. The summed E-state index contributed by atoms with van der Waals surface area (Å²) in [5, 5.41) is 4.27. The minimum atomic E-state index is -0.737. The van der Waals surface area contributed by atoms with E-state index < -0.39 is 11.0 Å². The molecule has 0 spiro atoms. The van der Waals surface area contributed by atoms with Crippen molar-refractivity contribution < 1.29 is 14.3 Å². The molecule has 1 aromatic carbocycles. The van der Waals surface area contributed by atoms with E-state index in [0.29, 0.717) is 22.9 Å². The van der Waals surface area contributed by atoms with Crippen LogP contribution in [-0.2, 0) is 16.0 Å². The molecule has 0 saturated heterocycles. The van der Waals surface area contributed by atoms with Crippen LogP contribution in [-0.4, -0.2) is 41.8 Å². The molecule has 28 heavy (non-hydrogen) atoms.